The molecule has 0 unspecified atom stereocenters. The predicted molar refractivity (Wildman–Crippen MR) is 90.9 cm³/mol. The van der Waals surface area contributed by atoms with E-state index in [9.17, 15) is 0 Å². The zero-order valence-corrected chi connectivity index (χ0v) is 15.3. The van der Waals surface area contributed by atoms with Gasteiger partial charge in [0.15, 0.2) is 0 Å². The van der Waals surface area contributed by atoms with Gasteiger partial charge in [0.05, 0.1) is 5.69 Å². The van der Waals surface area contributed by atoms with E-state index >= 15 is 0 Å². The SMILES string of the molecule is CC(C)(C)c1nc(Br)cc(Nc2cc(Cl)ccc2Br)n1. The van der Waals surface area contributed by atoms with Gasteiger partial charge in [0.2, 0.25) is 0 Å². The van der Waals surface area contributed by atoms with Crippen molar-refractivity contribution in [3.8, 4) is 0 Å². The molecule has 2 aromatic rings. The molecule has 1 N–H and O–H groups in total. The first-order chi connectivity index (χ1) is 9.25. The van der Waals surface area contributed by atoms with Crippen molar-refractivity contribution in [2.45, 2.75) is 26.2 Å². The summed E-state index contributed by atoms with van der Waals surface area (Å²) in [5.41, 5.74) is 0.745. The van der Waals surface area contributed by atoms with Gasteiger partial charge < -0.3 is 5.32 Å². The van der Waals surface area contributed by atoms with Gasteiger partial charge in [-0.1, -0.05) is 32.4 Å². The highest BCUT2D eigenvalue weighted by molar-refractivity contribution is 9.10. The van der Waals surface area contributed by atoms with Gasteiger partial charge in [-0.3, -0.25) is 0 Å². The first kappa shape index (κ1) is 15.7. The molecule has 0 saturated carbocycles. The molecule has 1 heterocycles. The summed E-state index contributed by atoms with van der Waals surface area (Å²) in [5.74, 6) is 1.49. The van der Waals surface area contributed by atoms with Gasteiger partial charge in [-0.25, -0.2) is 9.97 Å². The number of nitrogens with zero attached hydrogens (tertiary/aromatic N) is 2. The van der Waals surface area contributed by atoms with Gasteiger partial charge in [-0.05, 0) is 50.1 Å². The Morgan fingerprint density at radius 1 is 1.10 bits per heavy atom. The van der Waals surface area contributed by atoms with Crippen LogP contribution in [0.1, 0.15) is 26.6 Å². The summed E-state index contributed by atoms with van der Waals surface area (Å²) >= 11 is 12.9. The lowest BCUT2D eigenvalue weighted by Gasteiger charge is -2.18. The van der Waals surface area contributed by atoms with E-state index in [2.05, 4.69) is 67.9 Å². The third kappa shape index (κ3) is 3.93. The van der Waals surface area contributed by atoms with Gasteiger partial charge in [-0.2, -0.15) is 0 Å². The molecular weight excluding hydrogens is 405 g/mol. The Morgan fingerprint density at radius 3 is 2.45 bits per heavy atom. The lowest BCUT2D eigenvalue weighted by molar-refractivity contribution is 0.544. The molecule has 106 valence electrons. The molecule has 0 saturated heterocycles. The lowest BCUT2D eigenvalue weighted by Crippen LogP contribution is -2.16. The van der Waals surface area contributed by atoms with Crippen molar-refractivity contribution in [3.05, 3.63) is 44.2 Å². The van der Waals surface area contributed by atoms with Crippen LogP contribution in [0.25, 0.3) is 0 Å². The second kappa shape index (κ2) is 6.00. The Labute approximate surface area is 140 Å². The van der Waals surface area contributed by atoms with E-state index in [1.807, 2.05) is 24.3 Å². The smallest absolute Gasteiger partial charge is 0.137 e. The summed E-state index contributed by atoms with van der Waals surface area (Å²) in [5, 5.41) is 3.92. The van der Waals surface area contributed by atoms with Crippen LogP contribution < -0.4 is 5.32 Å². The molecule has 20 heavy (non-hydrogen) atoms. The Hall–Kier alpha value is -0.650. The Balaban J connectivity index is 2.39. The summed E-state index contributed by atoms with van der Waals surface area (Å²) in [6, 6.07) is 7.40. The second-order valence-electron chi connectivity index (χ2n) is 5.40. The zero-order chi connectivity index (χ0) is 14.9. The van der Waals surface area contributed by atoms with Crippen LogP contribution in [-0.2, 0) is 5.41 Å². The summed E-state index contributed by atoms with van der Waals surface area (Å²) < 4.78 is 1.67. The summed E-state index contributed by atoms with van der Waals surface area (Å²) in [7, 11) is 0. The molecule has 2 rings (SSSR count). The minimum Gasteiger partial charge on any atom is -0.339 e. The quantitative estimate of drug-likeness (QED) is 0.635. The maximum absolute atomic E-state index is 6.02. The van der Waals surface area contributed by atoms with Crippen molar-refractivity contribution in [2.75, 3.05) is 5.32 Å². The van der Waals surface area contributed by atoms with Gasteiger partial charge in [-0.15, -0.1) is 0 Å². The van der Waals surface area contributed by atoms with Gasteiger partial charge >= 0.3 is 0 Å². The monoisotopic (exact) mass is 417 g/mol. The molecule has 6 heteroatoms. The highest BCUT2D eigenvalue weighted by Gasteiger charge is 2.19. The maximum Gasteiger partial charge on any atom is 0.137 e. The Morgan fingerprint density at radius 2 is 1.80 bits per heavy atom. The van der Waals surface area contributed by atoms with Crippen LogP contribution in [0.5, 0.6) is 0 Å². The van der Waals surface area contributed by atoms with E-state index in [1.165, 1.54) is 0 Å². The molecular formula is C14H14Br2ClN3. The molecule has 1 aromatic carbocycles. The van der Waals surface area contributed by atoms with Crippen molar-refractivity contribution in [1.82, 2.24) is 9.97 Å². The molecule has 0 bridgehead atoms. The van der Waals surface area contributed by atoms with Crippen LogP contribution in [-0.4, -0.2) is 9.97 Å². The molecule has 1 aromatic heterocycles. The van der Waals surface area contributed by atoms with Crippen molar-refractivity contribution in [1.29, 1.82) is 0 Å². The van der Waals surface area contributed by atoms with Crippen LogP contribution in [0, 0.1) is 0 Å². The van der Waals surface area contributed by atoms with Crippen LogP contribution in [0.4, 0.5) is 11.5 Å². The zero-order valence-electron chi connectivity index (χ0n) is 11.3. The van der Waals surface area contributed by atoms with E-state index in [4.69, 9.17) is 11.6 Å². The van der Waals surface area contributed by atoms with Crippen LogP contribution in [0.2, 0.25) is 5.02 Å². The van der Waals surface area contributed by atoms with Crippen molar-refractivity contribution < 1.29 is 0 Å². The van der Waals surface area contributed by atoms with Crippen LogP contribution >= 0.6 is 43.5 Å². The first-order valence-corrected chi connectivity index (χ1v) is 7.99. The fourth-order valence-electron chi connectivity index (χ4n) is 1.55. The van der Waals surface area contributed by atoms with Gasteiger partial charge in [0.25, 0.3) is 0 Å². The standard InChI is InChI=1S/C14H14Br2ClN3/c1-14(2,3)13-19-11(16)7-12(20-13)18-10-6-8(17)4-5-9(10)15/h4-7H,1-3H3,(H,18,19,20). The number of aromatic nitrogens is 2. The third-order valence-corrected chi connectivity index (χ3v) is 3.89. The van der Waals surface area contributed by atoms with E-state index in [1.54, 1.807) is 0 Å². The van der Waals surface area contributed by atoms with E-state index in [0.717, 1.165) is 26.4 Å². The summed E-state index contributed by atoms with van der Waals surface area (Å²) in [4.78, 5) is 8.97. The third-order valence-electron chi connectivity index (χ3n) is 2.56. The highest BCUT2D eigenvalue weighted by Crippen LogP contribution is 2.30. The van der Waals surface area contributed by atoms with Crippen LogP contribution in [0.3, 0.4) is 0 Å². The molecule has 0 amide bonds. The van der Waals surface area contributed by atoms with E-state index in [-0.39, 0.29) is 5.41 Å². The largest absolute Gasteiger partial charge is 0.339 e. The number of benzene rings is 1. The van der Waals surface area contributed by atoms with Crippen LogP contribution in [0.15, 0.2) is 33.3 Å². The minimum atomic E-state index is -0.119. The van der Waals surface area contributed by atoms with E-state index < -0.39 is 0 Å². The second-order valence-corrected chi connectivity index (χ2v) is 7.50. The molecule has 0 spiro atoms. The van der Waals surface area contributed by atoms with Crippen molar-refractivity contribution in [2.24, 2.45) is 0 Å². The molecule has 0 atom stereocenters. The molecule has 3 nitrogen and oxygen atoms in total. The topological polar surface area (TPSA) is 37.8 Å². The van der Waals surface area contributed by atoms with Gasteiger partial charge in [0.1, 0.15) is 16.2 Å². The number of halogens is 3. The number of nitrogens with one attached hydrogen (secondary N) is 1. The number of rotatable bonds is 2. The van der Waals surface area contributed by atoms with E-state index in [0.29, 0.717) is 5.02 Å². The molecule has 0 aliphatic heterocycles. The average molecular weight is 420 g/mol. The van der Waals surface area contributed by atoms with Crippen molar-refractivity contribution >= 4 is 55.0 Å². The molecule has 0 aliphatic rings. The average Bonchev–Trinajstić information content (AvgIpc) is 2.32. The predicted octanol–water partition coefficient (Wildman–Crippen LogP) is 5.70. The summed E-state index contributed by atoms with van der Waals surface area (Å²) in [6.45, 7) is 6.23. The number of hydrogen-bond acceptors (Lipinski definition) is 3. The normalized spacial score (nSPS) is 11.5. The lowest BCUT2D eigenvalue weighted by atomic mass is 9.96. The molecule has 0 radical (unpaired) electrons. The Kier molecular flexibility index (Phi) is 4.72. The highest BCUT2D eigenvalue weighted by atomic mass is 79.9. The van der Waals surface area contributed by atoms with Gasteiger partial charge in [0, 0.05) is 21.0 Å². The first-order valence-electron chi connectivity index (χ1n) is 6.03. The molecule has 0 aliphatic carbocycles. The number of hydrogen-bond donors (Lipinski definition) is 1. The summed E-state index contributed by atoms with van der Waals surface area (Å²) in [6.07, 6.45) is 0. The fourth-order valence-corrected chi connectivity index (χ4v) is 2.45. The Bertz CT molecular complexity index is 639. The molecule has 0 fully saturated rings. The van der Waals surface area contributed by atoms with Crippen molar-refractivity contribution in [3.63, 3.8) is 0 Å². The maximum atomic E-state index is 6.02. The minimum absolute atomic E-state index is 0.119. The number of anilines is 2. The fraction of sp³-hybridized carbons (Fsp3) is 0.286.